The second-order valence-corrected chi connectivity index (χ2v) is 9.29. The van der Waals surface area contributed by atoms with E-state index in [0.717, 1.165) is 4.31 Å². The van der Waals surface area contributed by atoms with Gasteiger partial charge in [0.1, 0.15) is 17.4 Å². The van der Waals surface area contributed by atoms with Crippen molar-refractivity contribution in [3.05, 3.63) is 76.9 Å². The number of sulfonamides is 1. The van der Waals surface area contributed by atoms with Crippen LogP contribution in [0.2, 0.25) is 5.02 Å². The predicted octanol–water partition coefficient (Wildman–Crippen LogP) is 3.97. The Morgan fingerprint density at radius 1 is 1.22 bits per heavy atom. The first-order valence-electron chi connectivity index (χ1n) is 9.36. The fourth-order valence-corrected chi connectivity index (χ4v) is 4.03. The molecule has 0 spiro atoms. The minimum atomic E-state index is -3.84. The molecule has 0 fully saturated rings. The molecule has 1 aromatic heterocycles. The van der Waals surface area contributed by atoms with E-state index in [9.17, 15) is 13.2 Å². The average molecular weight is 471 g/mol. The lowest BCUT2D eigenvalue weighted by Gasteiger charge is -2.17. The topological polar surface area (TPSA) is 112 Å². The van der Waals surface area contributed by atoms with E-state index in [4.69, 9.17) is 21.6 Å². The van der Waals surface area contributed by atoms with Gasteiger partial charge in [-0.05, 0) is 67.1 Å². The Labute approximate surface area is 191 Å². The van der Waals surface area contributed by atoms with Crippen molar-refractivity contribution in [2.75, 3.05) is 18.9 Å². The van der Waals surface area contributed by atoms with E-state index in [1.54, 1.807) is 37.3 Å². The number of anilines is 1. The molecular formula is C22H19ClN4O4S. The van der Waals surface area contributed by atoms with Crippen LogP contribution in [-0.2, 0) is 14.8 Å². The van der Waals surface area contributed by atoms with Crippen LogP contribution >= 0.6 is 11.6 Å². The van der Waals surface area contributed by atoms with E-state index >= 15 is 0 Å². The minimum Gasteiger partial charge on any atom is -0.438 e. The number of ether oxygens (including phenoxy) is 1. The maximum absolute atomic E-state index is 12.6. The molecule has 3 rings (SSSR count). The molecule has 0 unspecified atom stereocenters. The normalized spacial score (nSPS) is 11.1. The first kappa shape index (κ1) is 23.2. The Bertz CT molecular complexity index is 1290. The Hall–Kier alpha value is -3.45. The smallest absolute Gasteiger partial charge is 0.243 e. The summed E-state index contributed by atoms with van der Waals surface area (Å²) in [6, 6.07) is 15.9. The molecular weight excluding hydrogens is 452 g/mol. The number of carbonyl (C=O) groups is 1. The quantitative estimate of drug-likeness (QED) is 0.559. The maximum Gasteiger partial charge on any atom is 0.243 e. The zero-order valence-electron chi connectivity index (χ0n) is 17.2. The van der Waals surface area contributed by atoms with E-state index in [1.807, 2.05) is 6.07 Å². The number of aryl methyl sites for hydroxylation is 1. The number of hydrogen-bond donors (Lipinski definition) is 1. The fraction of sp³-hybridized carbons (Fsp3) is 0.136. The molecule has 0 saturated carbocycles. The number of aromatic nitrogens is 1. The number of rotatable bonds is 7. The molecule has 1 N–H and O–H groups in total. The van der Waals surface area contributed by atoms with Crippen LogP contribution in [0.25, 0.3) is 0 Å². The van der Waals surface area contributed by atoms with E-state index in [0.29, 0.717) is 27.6 Å². The average Bonchev–Trinajstić information content (AvgIpc) is 2.76. The number of likely N-dealkylation sites (N-methyl/N-ethyl adjacent to an activating group) is 1. The molecule has 3 aromatic rings. The van der Waals surface area contributed by atoms with Gasteiger partial charge in [-0.15, -0.1) is 0 Å². The second kappa shape index (κ2) is 9.78. The second-order valence-electron chi connectivity index (χ2n) is 6.81. The van der Waals surface area contributed by atoms with Crippen molar-refractivity contribution in [3.8, 4) is 17.7 Å². The number of amides is 1. The van der Waals surface area contributed by atoms with Gasteiger partial charge in [-0.1, -0.05) is 11.6 Å². The van der Waals surface area contributed by atoms with Crippen LogP contribution in [0.4, 0.5) is 5.69 Å². The molecule has 0 aliphatic rings. The first-order chi connectivity index (χ1) is 15.2. The third-order valence-corrected chi connectivity index (χ3v) is 6.54. The maximum atomic E-state index is 12.6. The van der Waals surface area contributed by atoms with Gasteiger partial charge in [0.05, 0.1) is 11.4 Å². The third kappa shape index (κ3) is 5.42. The number of benzene rings is 2. The summed E-state index contributed by atoms with van der Waals surface area (Å²) in [5.41, 5.74) is 1.49. The van der Waals surface area contributed by atoms with Crippen LogP contribution in [0.3, 0.4) is 0 Å². The molecule has 164 valence electrons. The summed E-state index contributed by atoms with van der Waals surface area (Å²) in [5, 5.41) is 12.3. The van der Waals surface area contributed by atoms with Crippen LogP contribution in [0, 0.1) is 18.3 Å². The summed E-state index contributed by atoms with van der Waals surface area (Å²) < 4.78 is 31.9. The van der Waals surface area contributed by atoms with Crippen molar-refractivity contribution in [3.63, 3.8) is 0 Å². The number of nitrogens with one attached hydrogen (secondary N) is 1. The molecule has 0 aliphatic heterocycles. The van der Waals surface area contributed by atoms with Gasteiger partial charge in [-0.25, -0.2) is 13.4 Å². The molecule has 2 aromatic carbocycles. The summed E-state index contributed by atoms with van der Waals surface area (Å²) >= 11 is 5.80. The molecule has 32 heavy (non-hydrogen) atoms. The Balaban J connectivity index is 1.67. The van der Waals surface area contributed by atoms with Gasteiger partial charge in [0, 0.05) is 24.0 Å². The van der Waals surface area contributed by atoms with Crippen molar-refractivity contribution in [2.24, 2.45) is 0 Å². The SMILES string of the molecule is Cc1cc(Oc2ncccc2C#N)ccc1NC(=O)CN(C)S(=O)(=O)c1ccc(Cl)cc1. The molecule has 0 radical (unpaired) electrons. The van der Waals surface area contributed by atoms with Crippen LogP contribution in [-0.4, -0.2) is 37.2 Å². The van der Waals surface area contributed by atoms with Gasteiger partial charge >= 0.3 is 0 Å². The molecule has 0 aliphatic carbocycles. The van der Waals surface area contributed by atoms with Gasteiger partial charge in [-0.3, -0.25) is 4.79 Å². The van der Waals surface area contributed by atoms with Gasteiger partial charge in [0.25, 0.3) is 0 Å². The van der Waals surface area contributed by atoms with Crippen molar-refractivity contribution >= 4 is 33.2 Å². The molecule has 0 saturated heterocycles. The highest BCUT2D eigenvalue weighted by atomic mass is 35.5. The summed E-state index contributed by atoms with van der Waals surface area (Å²) in [5.74, 6) is 0.122. The summed E-state index contributed by atoms with van der Waals surface area (Å²) in [6.07, 6.45) is 1.52. The van der Waals surface area contributed by atoms with Crippen LogP contribution < -0.4 is 10.1 Å². The van der Waals surface area contributed by atoms with Gasteiger partial charge in [0.2, 0.25) is 21.8 Å². The molecule has 0 bridgehead atoms. The fourth-order valence-electron chi connectivity index (χ4n) is 2.77. The van der Waals surface area contributed by atoms with Gasteiger partial charge < -0.3 is 10.1 Å². The molecule has 0 atom stereocenters. The van der Waals surface area contributed by atoms with Crippen molar-refractivity contribution in [1.82, 2.24) is 9.29 Å². The number of nitrogens with zero attached hydrogens (tertiary/aromatic N) is 3. The van der Waals surface area contributed by atoms with Crippen LogP contribution in [0.5, 0.6) is 11.6 Å². The largest absolute Gasteiger partial charge is 0.438 e. The number of hydrogen-bond acceptors (Lipinski definition) is 6. The zero-order chi connectivity index (χ0) is 23.3. The highest BCUT2D eigenvalue weighted by molar-refractivity contribution is 7.89. The van der Waals surface area contributed by atoms with Crippen molar-refractivity contribution in [1.29, 1.82) is 5.26 Å². The Morgan fingerprint density at radius 3 is 2.59 bits per heavy atom. The van der Waals surface area contributed by atoms with Crippen molar-refractivity contribution < 1.29 is 17.9 Å². The van der Waals surface area contributed by atoms with Gasteiger partial charge in [-0.2, -0.15) is 9.57 Å². The lowest BCUT2D eigenvalue weighted by atomic mass is 10.2. The van der Waals surface area contributed by atoms with Crippen LogP contribution in [0.15, 0.2) is 65.7 Å². The monoisotopic (exact) mass is 470 g/mol. The standard InChI is InChI=1S/C22H19ClN4O4S/c1-15-12-18(31-22-16(13-24)4-3-11-25-22)7-10-20(15)26-21(28)14-27(2)32(29,30)19-8-5-17(23)6-9-19/h3-12H,14H2,1-2H3,(H,26,28). The Kier molecular flexibility index (Phi) is 7.10. The molecule has 8 nitrogen and oxygen atoms in total. The first-order valence-corrected chi connectivity index (χ1v) is 11.2. The summed E-state index contributed by atoms with van der Waals surface area (Å²) in [4.78, 5) is 16.5. The minimum absolute atomic E-state index is 0.0427. The van der Waals surface area contributed by atoms with Crippen LogP contribution in [0.1, 0.15) is 11.1 Å². The van der Waals surface area contributed by atoms with E-state index in [2.05, 4.69) is 10.3 Å². The Morgan fingerprint density at radius 2 is 1.94 bits per heavy atom. The lowest BCUT2D eigenvalue weighted by molar-refractivity contribution is -0.116. The van der Waals surface area contributed by atoms with E-state index < -0.39 is 15.9 Å². The zero-order valence-corrected chi connectivity index (χ0v) is 18.8. The highest BCUT2D eigenvalue weighted by Gasteiger charge is 2.23. The van der Waals surface area contributed by atoms with E-state index in [1.165, 1.54) is 37.5 Å². The highest BCUT2D eigenvalue weighted by Crippen LogP contribution is 2.27. The third-order valence-electron chi connectivity index (χ3n) is 4.47. The predicted molar refractivity (Wildman–Crippen MR) is 120 cm³/mol. The number of pyridine rings is 1. The van der Waals surface area contributed by atoms with E-state index in [-0.39, 0.29) is 17.3 Å². The number of halogens is 1. The van der Waals surface area contributed by atoms with Gasteiger partial charge in [0.15, 0.2) is 0 Å². The molecule has 1 amide bonds. The number of carbonyl (C=O) groups excluding carboxylic acids is 1. The summed E-state index contributed by atoms with van der Waals surface area (Å²) in [6.45, 7) is 1.39. The lowest BCUT2D eigenvalue weighted by Crippen LogP contribution is -2.35. The summed E-state index contributed by atoms with van der Waals surface area (Å²) in [7, 11) is -2.51. The van der Waals surface area contributed by atoms with Crippen molar-refractivity contribution in [2.45, 2.75) is 11.8 Å². The molecule has 1 heterocycles. The molecule has 10 heteroatoms. The number of nitriles is 1.